The molecule has 0 saturated carbocycles. The number of fused-ring (bicyclic) bond motifs is 1. The fraction of sp³-hybridized carbons (Fsp3) is 0.136. The van der Waals surface area contributed by atoms with Crippen LogP contribution in [0, 0.1) is 6.92 Å². The van der Waals surface area contributed by atoms with Crippen LogP contribution in [0.15, 0.2) is 54.0 Å². The van der Waals surface area contributed by atoms with Crippen LogP contribution >= 0.6 is 22.9 Å². The van der Waals surface area contributed by atoms with Gasteiger partial charge in [0.15, 0.2) is 0 Å². The number of hydrogen-bond donors (Lipinski definition) is 2. The molecule has 7 nitrogen and oxygen atoms in total. The van der Waals surface area contributed by atoms with E-state index >= 15 is 0 Å². The van der Waals surface area contributed by atoms with Crippen molar-refractivity contribution in [2.24, 2.45) is 5.73 Å². The Morgan fingerprint density at radius 2 is 1.90 bits per heavy atom. The molecule has 0 radical (unpaired) electrons. The Hall–Kier alpha value is -3.43. The molecular formula is C22H18N4O3S2. The van der Waals surface area contributed by atoms with Gasteiger partial charge in [0.25, 0.3) is 11.8 Å². The molecule has 3 N–H and O–H groups in total. The van der Waals surface area contributed by atoms with Gasteiger partial charge in [-0.1, -0.05) is 24.3 Å². The highest BCUT2D eigenvalue weighted by Crippen LogP contribution is 2.29. The van der Waals surface area contributed by atoms with Gasteiger partial charge in [-0.05, 0) is 53.0 Å². The summed E-state index contributed by atoms with van der Waals surface area (Å²) in [6.07, 6.45) is 1.80. The zero-order valence-electron chi connectivity index (χ0n) is 16.5. The number of carbonyl (C=O) groups is 3. The SMILES string of the molecule is Cc1nsc(C(=O)NC(Cc2csc3ccccc23)C(=O)C(N)=O)c1-c1ccccn1. The Morgan fingerprint density at radius 3 is 2.65 bits per heavy atom. The number of ketones is 1. The molecule has 3 aromatic heterocycles. The molecule has 0 saturated heterocycles. The van der Waals surface area contributed by atoms with E-state index in [0.717, 1.165) is 27.2 Å². The molecule has 0 aliphatic carbocycles. The van der Waals surface area contributed by atoms with E-state index < -0.39 is 23.6 Å². The van der Waals surface area contributed by atoms with E-state index in [9.17, 15) is 14.4 Å². The number of amides is 2. The number of aryl methyl sites for hydroxylation is 1. The standard InChI is InChI=1S/C22H18N4O3S2/c1-12-18(15-7-4-5-9-24-15)20(31-26-12)22(29)25-16(19(27)21(23)28)10-13-11-30-17-8-3-2-6-14(13)17/h2-9,11,16H,10H2,1H3,(H2,23,28)(H,25,29). The molecule has 3 heterocycles. The summed E-state index contributed by atoms with van der Waals surface area (Å²) in [4.78, 5) is 41.9. The van der Waals surface area contributed by atoms with Crippen LogP contribution in [0.2, 0.25) is 0 Å². The number of Topliss-reactive ketones (excluding diaryl/α,β-unsaturated/α-hetero) is 1. The van der Waals surface area contributed by atoms with E-state index in [2.05, 4.69) is 14.7 Å². The number of pyridine rings is 1. The van der Waals surface area contributed by atoms with E-state index in [4.69, 9.17) is 5.73 Å². The molecule has 156 valence electrons. The number of rotatable bonds is 7. The molecule has 2 amide bonds. The van der Waals surface area contributed by atoms with Crippen LogP contribution in [-0.2, 0) is 16.0 Å². The van der Waals surface area contributed by atoms with E-state index in [0.29, 0.717) is 21.8 Å². The highest BCUT2D eigenvalue weighted by atomic mass is 32.1. The van der Waals surface area contributed by atoms with E-state index in [1.54, 1.807) is 25.3 Å². The number of hydrogen-bond acceptors (Lipinski definition) is 7. The molecule has 4 rings (SSSR count). The van der Waals surface area contributed by atoms with Gasteiger partial charge in [-0.15, -0.1) is 11.3 Å². The second-order valence-corrected chi connectivity index (χ2v) is 8.59. The predicted molar refractivity (Wildman–Crippen MR) is 121 cm³/mol. The first kappa shape index (κ1) is 20.8. The second-order valence-electron chi connectivity index (χ2n) is 6.90. The lowest BCUT2D eigenvalue weighted by molar-refractivity contribution is -0.137. The maximum atomic E-state index is 13.1. The number of benzene rings is 1. The van der Waals surface area contributed by atoms with Crippen molar-refractivity contribution in [3.63, 3.8) is 0 Å². The molecule has 4 aromatic rings. The summed E-state index contributed by atoms with van der Waals surface area (Å²) in [6, 6.07) is 12.1. The molecule has 0 spiro atoms. The van der Waals surface area contributed by atoms with Crippen molar-refractivity contribution >= 4 is 50.6 Å². The first-order valence-corrected chi connectivity index (χ1v) is 11.1. The number of aromatic nitrogens is 2. The van der Waals surface area contributed by atoms with Gasteiger partial charge in [-0.25, -0.2) is 0 Å². The Balaban J connectivity index is 1.65. The Kier molecular flexibility index (Phi) is 5.88. The maximum Gasteiger partial charge on any atom is 0.287 e. The van der Waals surface area contributed by atoms with Crippen LogP contribution < -0.4 is 11.1 Å². The Bertz CT molecular complexity index is 1280. The molecule has 0 aliphatic heterocycles. The Morgan fingerprint density at radius 1 is 1.13 bits per heavy atom. The number of thiophene rings is 1. The third-order valence-electron chi connectivity index (χ3n) is 4.84. The summed E-state index contributed by atoms with van der Waals surface area (Å²) >= 11 is 2.56. The second kappa shape index (κ2) is 8.75. The summed E-state index contributed by atoms with van der Waals surface area (Å²) in [7, 11) is 0. The van der Waals surface area contributed by atoms with E-state index in [1.165, 1.54) is 11.3 Å². The molecule has 31 heavy (non-hydrogen) atoms. The number of nitrogens with zero attached hydrogens (tertiary/aromatic N) is 2. The zero-order valence-corrected chi connectivity index (χ0v) is 18.1. The predicted octanol–water partition coefficient (Wildman–Crippen LogP) is 3.12. The molecule has 0 fully saturated rings. The monoisotopic (exact) mass is 450 g/mol. The summed E-state index contributed by atoms with van der Waals surface area (Å²) in [6.45, 7) is 1.79. The topological polar surface area (TPSA) is 115 Å². The van der Waals surface area contributed by atoms with Crippen LogP contribution in [-0.4, -0.2) is 33.0 Å². The van der Waals surface area contributed by atoms with Crippen molar-refractivity contribution in [1.82, 2.24) is 14.7 Å². The normalized spacial score (nSPS) is 11.9. The fourth-order valence-corrected chi connectivity index (χ4v) is 5.13. The van der Waals surface area contributed by atoms with Crippen molar-refractivity contribution in [3.05, 3.63) is 70.2 Å². The van der Waals surface area contributed by atoms with Gasteiger partial charge < -0.3 is 11.1 Å². The van der Waals surface area contributed by atoms with Gasteiger partial charge in [0.05, 0.1) is 11.4 Å². The van der Waals surface area contributed by atoms with Crippen molar-refractivity contribution in [2.75, 3.05) is 0 Å². The van der Waals surface area contributed by atoms with Crippen LogP contribution in [0.5, 0.6) is 0 Å². The van der Waals surface area contributed by atoms with Crippen molar-refractivity contribution in [1.29, 1.82) is 0 Å². The first-order chi connectivity index (χ1) is 15.0. The largest absolute Gasteiger partial charge is 0.363 e. The number of primary amides is 1. The van der Waals surface area contributed by atoms with Gasteiger partial charge in [0.2, 0.25) is 5.78 Å². The van der Waals surface area contributed by atoms with E-state index in [1.807, 2.05) is 35.7 Å². The molecule has 9 heteroatoms. The molecule has 1 unspecified atom stereocenters. The first-order valence-electron chi connectivity index (χ1n) is 9.43. The summed E-state index contributed by atoms with van der Waals surface area (Å²) in [5.41, 5.74) is 8.01. The summed E-state index contributed by atoms with van der Waals surface area (Å²) in [5.74, 6) is -2.43. The lowest BCUT2D eigenvalue weighted by atomic mass is 10.0. The number of carbonyl (C=O) groups excluding carboxylic acids is 3. The third kappa shape index (κ3) is 4.23. The van der Waals surface area contributed by atoms with Gasteiger partial charge in [0, 0.05) is 22.9 Å². The van der Waals surface area contributed by atoms with Crippen molar-refractivity contribution in [3.8, 4) is 11.3 Å². The fourth-order valence-electron chi connectivity index (χ4n) is 3.35. The number of nitrogens with two attached hydrogens (primary N) is 1. The minimum Gasteiger partial charge on any atom is -0.363 e. The van der Waals surface area contributed by atoms with Crippen LogP contribution in [0.1, 0.15) is 20.9 Å². The smallest absolute Gasteiger partial charge is 0.287 e. The summed E-state index contributed by atoms with van der Waals surface area (Å²) < 4.78 is 5.34. The lowest BCUT2D eigenvalue weighted by Gasteiger charge is -2.16. The minimum atomic E-state index is -1.09. The number of nitrogens with one attached hydrogen (secondary N) is 1. The highest BCUT2D eigenvalue weighted by Gasteiger charge is 2.29. The lowest BCUT2D eigenvalue weighted by Crippen LogP contribution is -2.47. The van der Waals surface area contributed by atoms with Crippen LogP contribution in [0.4, 0.5) is 0 Å². The zero-order chi connectivity index (χ0) is 22.0. The molecule has 0 aliphatic rings. The van der Waals surface area contributed by atoms with Crippen molar-refractivity contribution < 1.29 is 14.4 Å². The van der Waals surface area contributed by atoms with Gasteiger partial charge >= 0.3 is 0 Å². The average molecular weight is 451 g/mol. The van der Waals surface area contributed by atoms with Gasteiger partial charge in [-0.2, -0.15) is 4.37 Å². The molecular weight excluding hydrogens is 432 g/mol. The molecule has 0 bridgehead atoms. The third-order valence-corrected chi connectivity index (χ3v) is 6.79. The minimum absolute atomic E-state index is 0.161. The van der Waals surface area contributed by atoms with Gasteiger partial charge in [0.1, 0.15) is 10.9 Å². The van der Waals surface area contributed by atoms with Crippen LogP contribution in [0.3, 0.4) is 0 Å². The Labute approximate surface area is 186 Å². The summed E-state index contributed by atoms with van der Waals surface area (Å²) in [5, 5.41) is 5.60. The van der Waals surface area contributed by atoms with Crippen molar-refractivity contribution in [2.45, 2.75) is 19.4 Å². The quantitative estimate of drug-likeness (QED) is 0.420. The average Bonchev–Trinajstić information content (AvgIpc) is 3.37. The van der Waals surface area contributed by atoms with Crippen LogP contribution in [0.25, 0.3) is 21.3 Å². The highest BCUT2D eigenvalue weighted by molar-refractivity contribution is 7.17. The molecule has 1 aromatic carbocycles. The van der Waals surface area contributed by atoms with Gasteiger partial charge in [-0.3, -0.25) is 19.4 Å². The van der Waals surface area contributed by atoms with E-state index in [-0.39, 0.29) is 6.42 Å². The maximum absolute atomic E-state index is 13.1. The molecule has 1 atom stereocenters.